The molecule has 2 aliphatic rings. The SMILES string of the molecule is Cc1cc(-c2[nH]c3ccc(C4CCN(C5CCOC5)CC4)cc3c2C(C)C)c(F)cn1. The van der Waals surface area contributed by atoms with Gasteiger partial charge in [-0.15, -0.1) is 0 Å². The van der Waals surface area contributed by atoms with Crippen molar-refractivity contribution in [3.8, 4) is 11.3 Å². The zero-order valence-corrected chi connectivity index (χ0v) is 18.7. The molecule has 2 fully saturated rings. The molecule has 2 aromatic heterocycles. The Hall–Kier alpha value is -2.24. The van der Waals surface area contributed by atoms with E-state index >= 15 is 0 Å². The fourth-order valence-corrected chi connectivity index (χ4v) is 5.44. The molecule has 3 aromatic rings. The lowest BCUT2D eigenvalue weighted by Gasteiger charge is -2.35. The van der Waals surface area contributed by atoms with Crippen molar-refractivity contribution in [3.05, 3.63) is 53.1 Å². The van der Waals surface area contributed by atoms with Crippen LogP contribution in [-0.2, 0) is 4.74 Å². The molecule has 0 saturated carbocycles. The van der Waals surface area contributed by atoms with Gasteiger partial charge in [0, 0.05) is 34.8 Å². The monoisotopic (exact) mass is 421 g/mol. The minimum Gasteiger partial charge on any atom is -0.380 e. The van der Waals surface area contributed by atoms with Gasteiger partial charge in [0.15, 0.2) is 5.82 Å². The summed E-state index contributed by atoms with van der Waals surface area (Å²) < 4.78 is 20.3. The molecule has 31 heavy (non-hydrogen) atoms. The van der Waals surface area contributed by atoms with Crippen LogP contribution >= 0.6 is 0 Å². The van der Waals surface area contributed by atoms with Gasteiger partial charge >= 0.3 is 0 Å². The molecule has 1 unspecified atom stereocenters. The second-order valence-corrected chi connectivity index (χ2v) is 9.51. The van der Waals surface area contributed by atoms with Crippen LogP contribution in [0.2, 0.25) is 0 Å². The zero-order chi connectivity index (χ0) is 21.5. The van der Waals surface area contributed by atoms with Crippen molar-refractivity contribution >= 4 is 10.9 Å². The molecule has 164 valence electrons. The molecule has 0 spiro atoms. The van der Waals surface area contributed by atoms with Gasteiger partial charge in [-0.3, -0.25) is 9.88 Å². The van der Waals surface area contributed by atoms with Crippen LogP contribution < -0.4 is 0 Å². The van der Waals surface area contributed by atoms with Crippen LogP contribution in [0, 0.1) is 12.7 Å². The summed E-state index contributed by atoms with van der Waals surface area (Å²) in [6.07, 6.45) is 4.88. The van der Waals surface area contributed by atoms with E-state index in [2.05, 4.69) is 46.9 Å². The molecule has 2 aliphatic heterocycles. The maximum absolute atomic E-state index is 14.7. The Balaban J connectivity index is 1.47. The number of piperidine rings is 1. The Morgan fingerprint density at radius 3 is 2.68 bits per heavy atom. The number of H-pyrrole nitrogens is 1. The molecule has 4 nitrogen and oxygen atoms in total. The summed E-state index contributed by atoms with van der Waals surface area (Å²) in [4.78, 5) is 10.2. The van der Waals surface area contributed by atoms with Gasteiger partial charge in [0.2, 0.25) is 0 Å². The van der Waals surface area contributed by atoms with Gasteiger partial charge in [-0.1, -0.05) is 19.9 Å². The number of aromatic nitrogens is 2. The third-order valence-electron chi connectivity index (χ3n) is 7.12. The smallest absolute Gasteiger partial charge is 0.150 e. The van der Waals surface area contributed by atoms with E-state index in [1.807, 2.05) is 13.0 Å². The number of aryl methyl sites for hydroxylation is 1. The standard InChI is InChI=1S/C26H32FN3O/c1-16(2)25-22-13-19(18-6-9-30(10-7-18)20-8-11-31-15-20)4-5-24(22)29-26(25)21-12-17(3)28-14-23(21)27/h4-5,12-14,16,18,20,29H,6-11,15H2,1-3H3. The van der Waals surface area contributed by atoms with E-state index in [0.717, 1.165) is 43.2 Å². The molecular weight excluding hydrogens is 389 g/mol. The number of halogens is 1. The third kappa shape index (κ3) is 3.90. The number of rotatable bonds is 4. The van der Waals surface area contributed by atoms with Gasteiger partial charge in [0.25, 0.3) is 0 Å². The largest absolute Gasteiger partial charge is 0.380 e. The maximum atomic E-state index is 14.7. The third-order valence-corrected chi connectivity index (χ3v) is 7.12. The minimum absolute atomic E-state index is 0.275. The van der Waals surface area contributed by atoms with Gasteiger partial charge in [0.05, 0.1) is 18.5 Å². The molecule has 2 saturated heterocycles. The number of hydrogen-bond donors (Lipinski definition) is 1. The van der Waals surface area contributed by atoms with Crippen molar-refractivity contribution < 1.29 is 9.13 Å². The van der Waals surface area contributed by atoms with E-state index in [-0.39, 0.29) is 11.7 Å². The van der Waals surface area contributed by atoms with Gasteiger partial charge in [-0.2, -0.15) is 0 Å². The maximum Gasteiger partial charge on any atom is 0.150 e. The average Bonchev–Trinajstić information content (AvgIpc) is 3.43. The second-order valence-electron chi connectivity index (χ2n) is 9.51. The number of pyridine rings is 1. The van der Waals surface area contributed by atoms with Crippen molar-refractivity contribution in [2.24, 2.45) is 0 Å². The molecule has 0 radical (unpaired) electrons. The van der Waals surface area contributed by atoms with Crippen molar-refractivity contribution in [1.29, 1.82) is 0 Å². The summed E-state index contributed by atoms with van der Waals surface area (Å²) in [6, 6.07) is 9.26. The van der Waals surface area contributed by atoms with Crippen LogP contribution in [0.5, 0.6) is 0 Å². The lowest BCUT2D eigenvalue weighted by atomic mass is 9.87. The first-order valence-corrected chi connectivity index (χ1v) is 11.6. The van der Waals surface area contributed by atoms with E-state index in [9.17, 15) is 4.39 Å². The number of ether oxygens (including phenoxy) is 1. The van der Waals surface area contributed by atoms with Crippen molar-refractivity contribution in [1.82, 2.24) is 14.9 Å². The van der Waals surface area contributed by atoms with E-state index in [1.54, 1.807) is 0 Å². The molecular formula is C26H32FN3O. The number of aromatic amines is 1. The van der Waals surface area contributed by atoms with Crippen molar-refractivity contribution in [2.75, 3.05) is 26.3 Å². The van der Waals surface area contributed by atoms with E-state index < -0.39 is 0 Å². The van der Waals surface area contributed by atoms with Crippen molar-refractivity contribution in [2.45, 2.75) is 57.9 Å². The Morgan fingerprint density at radius 1 is 1.16 bits per heavy atom. The van der Waals surface area contributed by atoms with Crippen LogP contribution in [0.1, 0.15) is 61.8 Å². The quantitative estimate of drug-likeness (QED) is 0.581. The average molecular weight is 422 g/mol. The minimum atomic E-state index is -0.275. The van der Waals surface area contributed by atoms with E-state index in [1.165, 1.54) is 42.0 Å². The number of fused-ring (bicyclic) bond motifs is 1. The highest BCUT2D eigenvalue weighted by Crippen LogP contribution is 2.39. The fourth-order valence-electron chi connectivity index (χ4n) is 5.44. The summed E-state index contributed by atoms with van der Waals surface area (Å²) in [7, 11) is 0. The molecule has 1 aromatic carbocycles. The van der Waals surface area contributed by atoms with Crippen LogP contribution in [0.4, 0.5) is 4.39 Å². The van der Waals surface area contributed by atoms with Crippen LogP contribution in [0.15, 0.2) is 30.5 Å². The predicted molar refractivity (Wildman–Crippen MR) is 123 cm³/mol. The summed E-state index contributed by atoms with van der Waals surface area (Å²) >= 11 is 0. The van der Waals surface area contributed by atoms with Gasteiger partial charge in [-0.25, -0.2) is 4.39 Å². The first-order valence-electron chi connectivity index (χ1n) is 11.6. The predicted octanol–water partition coefficient (Wildman–Crippen LogP) is 5.77. The topological polar surface area (TPSA) is 41.2 Å². The van der Waals surface area contributed by atoms with Crippen molar-refractivity contribution in [3.63, 3.8) is 0 Å². The Morgan fingerprint density at radius 2 is 1.97 bits per heavy atom. The number of hydrogen-bond acceptors (Lipinski definition) is 3. The molecule has 5 rings (SSSR count). The molecule has 1 atom stereocenters. The molecule has 0 aliphatic carbocycles. The number of likely N-dealkylation sites (tertiary alicyclic amines) is 1. The lowest BCUT2D eigenvalue weighted by Crippen LogP contribution is -2.41. The molecule has 5 heteroatoms. The van der Waals surface area contributed by atoms with Gasteiger partial charge in [-0.05, 0) is 80.4 Å². The number of nitrogens with one attached hydrogen (secondary N) is 1. The van der Waals surface area contributed by atoms with Gasteiger partial charge < -0.3 is 9.72 Å². The van der Waals surface area contributed by atoms with Gasteiger partial charge in [0.1, 0.15) is 0 Å². The fraction of sp³-hybridized carbons (Fsp3) is 0.500. The van der Waals surface area contributed by atoms with Crippen LogP contribution in [0.25, 0.3) is 22.2 Å². The highest BCUT2D eigenvalue weighted by molar-refractivity contribution is 5.92. The summed E-state index contributed by atoms with van der Waals surface area (Å²) in [5.41, 5.74) is 6.01. The molecule has 1 N–H and O–H groups in total. The zero-order valence-electron chi connectivity index (χ0n) is 18.7. The first kappa shape index (κ1) is 20.7. The number of benzene rings is 1. The molecule has 0 amide bonds. The Kier molecular flexibility index (Phi) is 5.57. The highest BCUT2D eigenvalue weighted by Gasteiger charge is 2.28. The normalized spacial score (nSPS) is 20.9. The summed E-state index contributed by atoms with van der Waals surface area (Å²) in [6.45, 7) is 10.4. The lowest BCUT2D eigenvalue weighted by molar-refractivity contribution is 0.122. The molecule has 4 heterocycles. The Labute approximate surface area is 183 Å². The number of nitrogens with zero attached hydrogens (tertiary/aromatic N) is 2. The summed E-state index contributed by atoms with van der Waals surface area (Å²) in [5.74, 6) is 0.597. The van der Waals surface area contributed by atoms with Crippen LogP contribution in [0.3, 0.4) is 0 Å². The van der Waals surface area contributed by atoms with Crippen LogP contribution in [-0.4, -0.2) is 47.2 Å². The second kappa shape index (κ2) is 8.36. The molecule has 0 bridgehead atoms. The highest BCUT2D eigenvalue weighted by atomic mass is 19.1. The Bertz CT molecular complexity index is 1080. The first-order chi connectivity index (χ1) is 15.0. The summed E-state index contributed by atoms with van der Waals surface area (Å²) in [5, 5.41) is 1.22. The van der Waals surface area contributed by atoms with E-state index in [0.29, 0.717) is 17.5 Å². The van der Waals surface area contributed by atoms with E-state index in [4.69, 9.17) is 4.74 Å².